The number of nitrogens with one attached hydrogen (secondary N) is 1. The fraction of sp³-hybridized carbons (Fsp3) is 0. The zero-order valence-corrected chi connectivity index (χ0v) is 13.6. The third-order valence-electron chi connectivity index (χ3n) is 3.07. The van der Waals surface area contributed by atoms with Crippen molar-refractivity contribution in [2.75, 3.05) is 5.32 Å². The molecular formula is C20H14N2OS. The Balaban J connectivity index is 1.66. The number of thiophene rings is 1. The molecule has 0 aliphatic heterocycles. The Labute approximate surface area is 144 Å². The standard InChI is InChI=1S/C20H14N2OS/c23-20(12-10-17-6-1-2-13-21-17)22-18-7-3-5-16(15-18)9-11-19-8-4-14-24-19/h1-8,10,12-15H,(H,22,23). The van der Waals surface area contributed by atoms with Gasteiger partial charge in [-0.1, -0.05) is 30.0 Å². The Kier molecular flexibility index (Phi) is 5.18. The molecule has 0 saturated carbocycles. The summed E-state index contributed by atoms with van der Waals surface area (Å²) in [4.78, 5) is 17.1. The molecule has 1 amide bonds. The largest absolute Gasteiger partial charge is 0.322 e. The highest BCUT2D eigenvalue weighted by atomic mass is 32.1. The van der Waals surface area contributed by atoms with Crippen LogP contribution >= 0.6 is 11.3 Å². The van der Waals surface area contributed by atoms with E-state index in [0.29, 0.717) is 5.69 Å². The van der Waals surface area contributed by atoms with Crippen molar-refractivity contribution in [2.24, 2.45) is 0 Å². The van der Waals surface area contributed by atoms with Gasteiger partial charge < -0.3 is 5.32 Å². The van der Waals surface area contributed by atoms with E-state index in [1.54, 1.807) is 23.6 Å². The molecule has 0 radical (unpaired) electrons. The minimum Gasteiger partial charge on any atom is -0.322 e. The van der Waals surface area contributed by atoms with Gasteiger partial charge >= 0.3 is 0 Å². The predicted molar refractivity (Wildman–Crippen MR) is 98.6 cm³/mol. The van der Waals surface area contributed by atoms with Crippen LogP contribution in [0.1, 0.15) is 16.1 Å². The molecule has 0 aliphatic carbocycles. The van der Waals surface area contributed by atoms with Gasteiger partial charge in [0.05, 0.1) is 10.6 Å². The molecule has 4 heteroatoms. The number of aromatic nitrogens is 1. The number of carbonyl (C=O) groups is 1. The van der Waals surface area contributed by atoms with Crippen molar-refractivity contribution in [1.82, 2.24) is 4.98 Å². The van der Waals surface area contributed by atoms with Crippen molar-refractivity contribution in [3.63, 3.8) is 0 Å². The molecule has 2 heterocycles. The summed E-state index contributed by atoms with van der Waals surface area (Å²) in [6.45, 7) is 0. The first kappa shape index (κ1) is 15.7. The van der Waals surface area contributed by atoms with Gasteiger partial charge in [-0.3, -0.25) is 9.78 Å². The highest BCUT2D eigenvalue weighted by molar-refractivity contribution is 7.10. The van der Waals surface area contributed by atoms with E-state index in [0.717, 1.165) is 16.1 Å². The van der Waals surface area contributed by atoms with Crippen LogP contribution in [0.15, 0.2) is 72.3 Å². The van der Waals surface area contributed by atoms with Gasteiger partial charge in [-0.2, -0.15) is 0 Å². The molecule has 0 unspecified atom stereocenters. The van der Waals surface area contributed by atoms with Gasteiger partial charge in [0.1, 0.15) is 0 Å². The highest BCUT2D eigenvalue weighted by Crippen LogP contribution is 2.11. The van der Waals surface area contributed by atoms with E-state index in [-0.39, 0.29) is 5.91 Å². The maximum atomic E-state index is 12.0. The van der Waals surface area contributed by atoms with Crippen molar-refractivity contribution in [3.05, 3.63) is 88.4 Å². The molecule has 0 fully saturated rings. The summed E-state index contributed by atoms with van der Waals surface area (Å²) >= 11 is 1.60. The summed E-state index contributed by atoms with van der Waals surface area (Å²) in [7, 11) is 0. The van der Waals surface area contributed by atoms with Crippen molar-refractivity contribution in [2.45, 2.75) is 0 Å². The van der Waals surface area contributed by atoms with Gasteiger partial charge in [0.25, 0.3) is 0 Å². The van der Waals surface area contributed by atoms with Crippen molar-refractivity contribution in [3.8, 4) is 11.8 Å². The van der Waals surface area contributed by atoms with Crippen LogP contribution in [-0.4, -0.2) is 10.9 Å². The first-order chi connectivity index (χ1) is 11.8. The highest BCUT2D eigenvalue weighted by Gasteiger charge is 1.99. The van der Waals surface area contributed by atoms with E-state index in [9.17, 15) is 4.79 Å². The van der Waals surface area contributed by atoms with E-state index in [1.165, 1.54) is 6.08 Å². The van der Waals surface area contributed by atoms with Crippen molar-refractivity contribution < 1.29 is 4.79 Å². The lowest BCUT2D eigenvalue weighted by molar-refractivity contribution is -0.111. The average Bonchev–Trinajstić information content (AvgIpc) is 3.13. The quantitative estimate of drug-likeness (QED) is 0.578. The predicted octanol–water partition coefficient (Wildman–Crippen LogP) is 4.19. The lowest BCUT2D eigenvalue weighted by atomic mass is 10.2. The van der Waals surface area contributed by atoms with Gasteiger partial charge in [0, 0.05) is 23.5 Å². The fourth-order valence-electron chi connectivity index (χ4n) is 1.98. The third-order valence-corrected chi connectivity index (χ3v) is 3.86. The molecular weight excluding hydrogens is 316 g/mol. The topological polar surface area (TPSA) is 42.0 Å². The molecule has 3 nitrogen and oxygen atoms in total. The summed E-state index contributed by atoms with van der Waals surface area (Å²) < 4.78 is 0. The maximum Gasteiger partial charge on any atom is 0.248 e. The second-order valence-corrected chi connectivity index (χ2v) is 5.83. The lowest BCUT2D eigenvalue weighted by Gasteiger charge is -2.02. The molecule has 3 rings (SSSR count). The number of anilines is 1. The number of rotatable bonds is 3. The summed E-state index contributed by atoms with van der Waals surface area (Å²) in [5, 5.41) is 4.82. The Morgan fingerprint density at radius 2 is 2.04 bits per heavy atom. The fourth-order valence-corrected chi connectivity index (χ4v) is 2.55. The summed E-state index contributed by atoms with van der Waals surface area (Å²) in [5.74, 6) is 6.00. The van der Waals surface area contributed by atoms with Gasteiger partial charge in [-0.05, 0) is 47.9 Å². The minimum atomic E-state index is -0.205. The number of hydrogen-bond acceptors (Lipinski definition) is 3. The van der Waals surface area contributed by atoms with E-state index in [4.69, 9.17) is 0 Å². The first-order valence-corrected chi connectivity index (χ1v) is 8.23. The van der Waals surface area contributed by atoms with Crippen LogP contribution in [0.5, 0.6) is 0 Å². The monoisotopic (exact) mass is 330 g/mol. The molecule has 0 spiro atoms. The number of amides is 1. The lowest BCUT2D eigenvalue weighted by Crippen LogP contribution is -2.07. The van der Waals surface area contributed by atoms with E-state index >= 15 is 0 Å². The van der Waals surface area contributed by atoms with E-state index in [1.807, 2.05) is 60.0 Å². The zero-order valence-electron chi connectivity index (χ0n) is 12.8. The van der Waals surface area contributed by atoms with Crippen LogP contribution in [-0.2, 0) is 4.79 Å². The Morgan fingerprint density at radius 1 is 1.08 bits per heavy atom. The number of pyridine rings is 1. The zero-order chi connectivity index (χ0) is 16.6. The van der Waals surface area contributed by atoms with Gasteiger partial charge in [-0.25, -0.2) is 0 Å². The minimum absolute atomic E-state index is 0.205. The van der Waals surface area contributed by atoms with Crippen LogP contribution in [0, 0.1) is 11.8 Å². The molecule has 0 aliphatic rings. The van der Waals surface area contributed by atoms with Crippen LogP contribution < -0.4 is 5.32 Å². The average molecular weight is 330 g/mol. The van der Waals surface area contributed by atoms with Crippen LogP contribution in [0.3, 0.4) is 0 Å². The molecule has 0 saturated heterocycles. The number of nitrogens with zero attached hydrogens (tertiary/aromatic N) is 1. The van der Waals surface area contributed by atoms with Gasteiger partial charge in [0.2, 0.25) is 5.91 Å². The maximum absolute atomic E-state index is 12.0. The molecule has 2 aromatic heterocycles. The van der Waals surface area contributed by atoms with E-state index < -0.39 is 0 Å². The Morgan fingerprint density at radius 3 is 2.83 bits per heavy atom. The molecule has 24 heavy (non-hydrogen) atoms. The number of hydrogen-bond donors (Lipinski definition) is 1. The number of benzene rings is 1. The molecule has 3 aromatic rings. The number of carbonyl (C=O) groups excluding carboxylic acids is 1. The van der Waals surface area contributed by atoms with Gasteiger partial charge in [-0.15, -0.1) is 11.3 Å². The smallest absolute Gasteiger partial charge is 0.248 e. The van der Waals surface area contributed by atoms with Crippen LogP contribution in [0.2, 0.25) is 0 Å². The third kappa shape index (κ3) is 4.67. The molecule has 0 atom stereocenters. The van der Waals surface area contributed by atoms with Crippen LogP contribution in [0.25, 0.3) is 6.08 Å². The summed E-state index contributed by atoms with van der Waals surface area (Å²) in [5.41, 5.74) is 2.31. The molecule has 1 aromatic carbocycles. The van der Waals surface area contributed by atoms with Crippen LogP contribution in [0.4, 0.5) is 5.69 Å². The summed E-state index contributed by atoms with van der Waals surface area (Å²) in [6.07, 6.45) is 4.83. The van der Waals surface area contributed by atoms with E-state index in [2.05, 4.69) is 22.1 Å². The summed E-state index contributed by atoms with van der Waals surface area (Å²) in [6, 6.07) is 17.0. The van der Waals surface area contributed by atoms with Gasteiger partial charge in [0.15, 0.2) is 0 Å². The second kappa shape index (κ2) is 7.91. The molecule has 0 bridgehead atoms. The first-order valence-electron chi connectivity index (χ1n) is 7.35. The molecule has 116 valence electrons. The van der Waals surface area contributed by atoms with Crippen molar-refractivity contribution in [1.29, 1.82) is 0 Å². The Hall–Kier alpha value is -3.16. The SMILES string of the molecule is O=C(C=Cc1ccccn1)Nc1cccc(C#Cc2cccs2)c1. The molecule has 1 N–H and O–H groups in total. The van der Waals surface area contributed by atoms with Crippen molar-refractivity contribution >= 4 is 29.0 Å². The normalized spacial score (nSPS) is 10.2. The second-order valence-electron chi connectivity index (χ2n) is 4.89. The Bertz CT molecular complexity index is 904.